The minimum atomic E-state index is -1.06. The normalized spacial score (nSPS) is 16.3. The van der Waals surface area contributed by atoms with Crippen LogP contribution < -0.4 is 16.0 Å². The van der Waals surface area contributed by atoms with Gasteiger partial charge in [0.15, 0.2) is 0 Å². The minimum absolute atomic E-state index is 0.0333. The lowest BCUT2D eigenvalue weighted by molar-refractivity contribution is -0.136. The van der Waals surface area contributed by atoms with E-state index in [2.05, 4.69) is 25.9 Å². The van der Waals surface area contributed by atoms with Gasteiger partial charge in [0.1, 0.15) is 23.9 Å². The first kappa shape index (κ1) is 29.6. The monoisotopic (exact) mass is 609 g/mol. The highest BCUT2D eigenvalue weighted by molar-refractivity contribution is 6.24. The number of pyridine rings is 2. The molecule has 3 aromatic heterocycles. The second-order valence-corrected chi connectivity index (χ2v) is 11.1. The Morgan fingerprint density at radius 1 is 0.822 bits per heavy atom. The van der Waals surface area contributed by atoms with E-state index in [1.54, 1.807) is 12.4 Å². The Morgan fingerprint density at radius 2 is 1.47 bits per heavy atom. The van der Waals surface area contributed by atoms with E-state index in [9.17, 15) is 28.8 Å². The Morgan fingerprint density at radius 3 is 2.13 bits per heavy atom. The molecular formula is C32H31N7O6. The summed E-state index contributed by atoms with van der Waals surface area (Å²) in [4.78, 5) is 84.7. The molecule has 2 aliphatic rings. The Kier molecular flexibility index (Phi) is 8.32. The molecule has 6 amide bonds. The molecule has 6 rings (SSSR count). The molecule has 0 spiro atoms. The standard InChI is InChI=1S/C32H31N7O6/c40-25-12-11-24(30(43)37-25)39-31(44)22-10-9-19(17-23(22)32(39)45)29(42)36-14-4-2-1-3-13-33-26(41)18-38-27-20(7-5-15-34-27)21-8-6-16-35-28(21)38/h5-10,15-17,24H,1-4,11-14,18H2,(H,33,41)(H,36,42)(H,37,40,43). The molecule has 45 heavy (non-hydrogen) atoms. The lowest BCUT2D eigenvalue weighted by Gasteiger charge is -2.27. The molecule has 1 aromatic carbocycles. The van der Waals surface area contributed by atoms with E-state index in [0.29, 0.717) is 13.1 Å². The fourth-order valence-corrected chi connectivity index (χ4v) is 5.84. The van der Waals surface area contributed by atoms with Gasteiger partial charge in [-0.15, -0.1) is 0 Å². The summed E-state index contributed by atoms with van der Waals surface area (Å²) in [6, 6.07) is 10.9. The average Bonchev–Trinajstić information content (AvgIpc) is 3.48. The summed E-state index contributed by atoms with van der Waals surface area (Å²) in [5.74, 6) is -2.90. The molecule has 3 N–H and O–H groups in total. The van der Waals surface area contributed by atoms with Crippen LogP contribution in [-0.2, 0) is 20.9 Å². The minimum Gasteiger partial charge on any atom is -0.355 e. The molecular weight excluding hydrogens is 578 g/mol. The molecule has 1 saturated heterocycles. The fourth-order valence-electron chi connectivity index (χ4n) is 5.84. The highest BCUT2D eigenvalue weighted by Crippen LogP contribution is 2.28. The predicted octanol–water partition coefficient (Wildman–Crippen LogP) is 2.09. The highest BCUT2D eigenvalue weighted by atomic mass is 16.2. The van der Waals surface area contributed by atoms with E-state index in [0.717, 1.165) is 52.6 Å². The quantitative estimate of drug-likeness (QED) is 0.171. The number of amides is 6. The summed E-state index contributed by atoms with van der Waals surface area (Å²) in [5, 5.41) is 9.86. The summed E-state index contributed by atoms with van der Waals surface area (Å²) in [7, 11) is 0. The zero-order valence-corrected chi connectivity index (χ0v) is 24.4. The van der Waals surface area contributed by atoms with Gasteiger partial charge in [0, 0.05) is 48.2 Å². The van der Waals surface area contributed by atoms with E-state index < -0.39 is 29.7 Å². The Hall–Kier alpha value is -5.46. The van der Waals surface area contributed by atoms with Crippen molar-refractivity contribution in [1.82, 2.24) is 35.4 Å². The molecule has 0 bridgehead atoms. The lowest BCUT2D eigenvalue weighted by atomic mass is 10.0. The number of hydrogen-bond donors (Lipinski definition) is 3. The van der Waals surface area contributed by atoms with Crippen LogP contribution in [0.1, 0.15) is 69.6 Å². The third-order valence-corrected chi connectivity index (χ3v) is 8.09. The molecule has 5 heterocycles. The van der Waals surface area contributed by atoms with Crippen molar-refractivity contribution >= 4 is 57.5 Å². The number of nitrogens with zero attached hydrogens (tertiary/aromatic N) is 4. The molecule has 13 nitrogen and oxygen atoms in total. The number of imide groups is 2. The number of rotatable bonds is 11. The molecule has 2 aliphatic heterocycles. The van der Waals surface area contributed by atoms with E-state index in [4.69, 9.17) is 0 Å². The third-order valence-electron chi connectivity index (χ3n) is 8.09. The predicted molar refractivity (Wildman–Crippen MR) is 162 cm³/mol. The molecule has 0 saturated carbocycles. The second-order valence-electron chi connectivity index (χ2n) is 11.1. The number of fused-ring (bicyclic) bond motifs is 4. The van der Waals surface area contributed by atoms with Crippen LogP contribution in [0.25, 0.3) is 22.1 Å². The molecule has 13 heteroatoms. The molecule has 0 aliphatic carbocycles. The van der Waals surface area contributed by atoms with Crippen molar-refractivity contribution in [3.63, 3.8) is 0 Å². The van der Waals surface area contributed by atoms with Gasteiger partial charge in [-0.05, 0) is 61.7 Å². The molecule has 1 unspecified atom stereocenters. The molecule has 230 valence electrons. The van der Waals surface area contributed by atoms with Gasteiger partial charge in [0.25, 0.3) is 17.7 Å². The van der Waals surface area contributed by atoms with Gasteiger partial charge in [-0.1, -0.05) is 12.8 Å². The molecule has 1 fully saturated rings. The average molecular weight is 610 g/mol. The Bertz CT molecular complexity index is 1810. The number of piperidine rings is 1. The van der Waals surface area contributed by atoms with E-state index in [1.807, 2.05) is 28.8 Å². The van der Waals surface area contributed by atoms with Gasteiger partial charge in [-0.2, -0.15) is 0 Å². The second kappa shape index (κ2) is 12.6. The van der Waals surface area contributed by atoms with E-state index >= 15 is 0 Å². The number of carbonyl (C=O) groups is 6. The van der Waals surface area contributed by atoms with E-state index in [-0.39, 0.29) is 47.9 Å². The van der Waals surface area contributed by atoms with Crippen LogP contribution in [0.4, 0.5) is 0 Å². The van der Waals surface area contributed by atoms with Crippen molar-refractivity contribution in [3.05, 3.63) is 71.5 Å². The number of unbranched alkanes of at least 4 members (excludes halogenated alkanes) is 3. The largest absolute Gasteiger partial charge is 0.355 e. The van der Waals surface area contributed by atoms with Crippen molar-refractivity contribution in [2.75, 3.05) is 13.1 Å². The number of carbonyl (C=O) groups excluding carboxylic acids is 6. The Labute approximate surface area is 257 Å². The Balaban J connectivity index is 0.919. The van der Waals surface area contributed by atoms with Crippen LogP contribution in [0, 0.1) is 0 Å². The first-order valence-corrected chi connectivity index (χ1v) is 14.9. The van der Waals surface area contributed by atoms with Crippen molar-refractivity contribution in [3.8, 4) is 0 Å². The summed E-state index contributed by atoms with van der Waals surface area (Å²) in [6.45, 7) is 1.07. The molecule has 0 radical (unpaired) electrons. The van der Waals surface area contributed by atoms with Gasteiger partial charge in [0.2, 0.25) is 17.7 Å². The molecule has 1 atom stereocenters. The van der Waals surface area contributed by atoms with Crippen LogP contribution >= 0.6 is 0 Å². The number of aromatic nitrogens is 3. The summed E-state index contributed by atoms with van der Waals surface area (Å²) < 4.78 is 1.83. The van der Waals surface area contributed by atoms with Crippen molar-refractivity contribution in [2.45, 2.75) is 51.1 Å². The maximum atomic E-state index is 13.0. The van der Waals surface area contributed by atoms with Crippen LogP contribution in [-0.4, -0.2) is 74.0 Å². The van der Waals surface area contributed by atoms with Crippen LogP contribution in [0.3, 0.4) is 0 Å². The zero-order valence-electron chi connectivity index (χ0n) is 24.4. The van der Waals surface area contributed by atoms with Crippen LogP contribution in [0.15, 0.2) is 54.9 Å². The number of hydrogen-bond acceptors (Lipinski definition) is 8. The van der Waals surface area contributed by atoms with Gasteiger partial charge in [-0.3, -0.25) is 39.0 Å². The summed E-state index contributed by atoms with van der Waals surface area (Å²) in [5.41, 5.74) is 1.85. The SMILES string of the molecule is O=C(Cn1c2ncccc2c2cccnc21)NCCCCCCNC(=O)c1ccc2c(c1)C(=O)N(C1CCC(=O)NC1=O)C2=O. The smallest absolute Gasteiger partial charge is 0.262 e. The summed E-state index contributed by atoms with van der Waals surface area (Å²) in [6.07, 6.45) is 6.71. The van der Waals surface area contributed by atoms with E-state index in [1.165, 1.54) is 18.2 Å². The first-order chi connectivity index (χ1) is 21.8. The maximum Gasteiger partial charge on any atom is 0.262 e. The molecule has 4 aromatic rings. The van der Waals surface area contributed by atoms with Gasteiger partial charge in [0.05, 0.1) is 11.1 Å². The first-order valence-electron chi connectivity index (χ1n) is 14.9. The van der Waals surface area contributed by atoms with Gasteiger partial charge >= 0.3 is 0 Å². The third kappa shape index (κ3) is 5.88. The number of nitrogens with one attached hydrogen (secondary N) is 3. The van der Waals surface area contributed by atoms with Crippen molar-refractivity contribution < 1.29 is 28.8 Å². The highest BCUT2D eigenvalue weighted by Gasteiger charge is 2.44. The van der Waals surface area contributed by atoms with Crippen LogP contribution in [0.2, 0.25) is 0 Å². The number of benzene rings is 1. The van der Waals surface area contributed by atoms with Crippen LogP contribution in [0.5, 0.6) is 0 Å². The summed E-state index contributed by atoms with van der Waals surface area (Å²) >= 11 is 0. The van der Waals surface area contributed by atoms with Crippen molar-refractivity contribution in [1.29, 1.82) is 0 Å². The zero-order chi connectivity index (χ0) is 31.5. The fraction of sp³-hybridized carbons (Fsp3) is 0.312. The van der Waals surface area contributed by atoms with Crippen molar-refractivity contribution in [2.24, 2.45) is 0 Å². The maximum absolute atomic E-state index is 13.0. The lowest BCUT2D eigenvalue weighted by Crippen LogP contribution is -2.54. The topological polar surface area (TPSA) is 172 Å². The van der Waals surface area contributed by atoms with Gasteiger partial charge in [-0.25, -0.2) is 9.97 Å². The van der Waals surface area contributed by atoms with Gasteiger partial charge < -0.3 is 15.2 Å².